The standard InChI is InChI=1S/C23H21ClFN3O2/c1-3-22(30)28(2)20-10-7-16(13-18(20)24)19-9-6-17(14-27-19)21(29)11-8-15-5-4-12-26-23(15)25/h4-7,9-10,12-14H,3,8,11H2,1-2H3. The van der Waals surface area contributed by atoms with Gasteiger partial charge in [-0.2, -0.15) is 4.39 Å². The average Bonchev–Trinajstić information content (AvgIpc) is 2.77. The summed E-state index contributed by atoms with van der Waals surface area (Å²) >= 11 is 6.36. The van der Waals surface area contributed by atoms with Crippen molar-refractivity contribution in [2.45, 2.75) is 26.2 Å². The van der Waals surface area contributed by atoms with Crippen molar-refractivity contribution in [1.29, 1.82) is 0 Å². The van der Waals surface area contributed by atoms with Crippen LogP contribution in [0, 0.1) is 5.95 Å². The van der Waals surface area contributed by atoms with Gasteiger partial charge in [-0.15, -0.1) is 0 Å². The van der Waals surface area contributed by atoms with Crippen LogP contribution in [0.1, 0.15) is 35.7 Å². The molecule has 0 aliphatic rings. The van der Waals surface area contributed by atoms with Gasteiger partial charge in [-0.3, -0.25) is 14.6 Å². The molecule has 0 unspecified atom stereocenters. The molecule has 2 aromatic heterocycles. The Balaban J connectivity index is 1.71. The molecule has 7 heteroatoms. The van der Waals surface area contributed by atoms with Crippen molar-refractivity contribution in [2.75, 3.05) is 11.9 Å². The number of ketones is 1. The maximum atomic E-state index is 13.6. The maximum Gasteiger partial charge on any atom is 0.226 e. The molecule has 0 atom stereocenters. The molecular formula is C23H21ClFN3O2. The van der Waals surface area contributed by atoms with Gasteiger partial charge in [0.25, 0.3) is 0 Å². The number of rotatable bonds is 7. The van der Waals surface area contributed by atoms with E-state index in [1.165, 1.54) is 17.3 Å². The summed E-state index contributed by atoms with van der Waals surface area (Å²) in [5.74, 6) is -0.701. The quantitative estimate of drug-likeness (QED) is 0.389. The Morgan fingerprint density at radius 1 is 1.13 bits per heavy atom. The predicted octanol–water partition coefficient (Wildman–Crippen LogP) is 5.12. The van der Waals surface area contributed by atoms with Gasteiger partial charge in [0.15, 0.2) is 5.78 Å². The van der Waals surface area contributed by atoms with Crippen LogP contribution in [-0.2, 0) is 11.2 Å². The van der Waals surface area contributed by atoms with Crippen LogP contribution in [0.5, 0.6) is 0 Å². The third-order valence-corrected chi connectivity index (χ3v) is 5.13. The lowest BCUT2D eigenvalue weighted by Crippen LogP contribution is -2.25. The second-order valence-corrected chi connectivity index (χ2v) is 7.19. The number of halogens is 2. The highest BCUT2D eigenvalue weighted by atomic mass is 35.5. The molecule has 0 radical (unpaired) electrons. The predicted molar refractivity (Wildman–Crippen MR) is 115 cm³/mol. The number of hydrogen-bond acceptors (Lipinski definition) is 4. The number of nitrogens with zero attached hydrogens (tertiary/aromatic N) is 3. The molecule has 0 aliphatic heterocycles. The van der Waals surface area contributed by atoms with E-state index >= 15 is 0 Å². The van der Waals surface area contributed by atoms with Crippen molar-refractivity contribution in [2.24, 2.45) is 0 Å². The lowest BCUT2D eigenvalue weighted by Gasteiger charge is -2.18. The molecular weight excluding hydrogens is 405 g/mol. The number of anilines is 1. The minimum absolute atomic E-state index is 0.0307. The topological polar surface area (TPSA) is 63.2 Å². The van der Waals surface area contributed by atoms with Gasteiger partial charge in [-0.05, 0) is 36.8 Å². The summed E-state index contributed by atoms with van der Waals surface area (Å²) in [6.45, 7) is 1.79. The van der Waals surface area contributed by atoms with Crippen molar-refractivity contribution in [3.05, 3.63) is 77.0 Å². The fourth-order valence-corrected chi connectivity index (χ4v) is 3.34. The summed E-state index contributed by atoms with van der Waals surface area (Å²) in [6, 6.07) is 12.0. The fraction of sp³-hybridized carbons (Fsp3) is 0.217. The van der Waals surface area contributed by atoms with E-state index < -0.39 is 5.95 Å². The zero-order chi connectivity index (χ0) is 21.7. The first-order chi connectivity index (χ1) is 14.4. The molecule has 154 valence electrons. The smallest absolute Gasteiger partial charge is 0.226 e. The number of pyridine rings is 2. The molecule has 0 spiro atoms. The average molecular weight is 426 g/mol. The molecule has 5 nitrogen and oxygen atoms in total. The SMILES string of the molecule is CCC(=O)N(C)c1ccc(-c2ccc(C(=O)CCc3cccnc3F)cn2)cc1Cl. The van der Waals surface area contributed by atoms with E-state index in [1.54, 1.807) is 50.4 Å². The minimum atomic E-state index is -0.551. The van der Waals surface area contributed by atoms with Gasteiger partial charge in [0.2, 0.25) is 11.9 Å². The van der Waals surface area contributed by atoms with Crippen LogP contribution in [0.3, 0.4) is 0 Å². The molecule has 0 saturated heterocycles. The summed E-state index contributed by atoms with van der Waals surface area (Å²) < 4.78 is 13.6. The first-order valence-electron chi connectivity index (χ1n) is 9.55. The van der Waals surface area contributed by atoms with Gasteiger partial charge in [0, 0.05) is 49.0 Å². The fourth-order valence-electron chi connectivity index (χ4n) is 3.04. The molecule has 30 heavy (non-hydrogen) atoms. The molecule has 0 fully saturated rings. The third kappa shape index (κ3) is 4.89. The number of hydrogen-bond donors (Lipinski definition) is 0. The number of Topliss-reactive ketones (excluding diaryl/α,β-unsaturated/α-hetero) is 1. The Hall–Kier alpha value is -3.12. The second-order valence-electron chi connectivity index (χ2n) is 6.78. The molecule has 2 heterocycles. The Kier molecular flexibility index (Phi) is 6.90. The van der Waals surface area contributed by atoms with E-state index in [4.69, 9.17) is 11.6 Å². The maximum absolute atomic E-state index is 13.6. The Morgan fingerprint density at radius 2 is 1.93 bits per heavy atom. The summed E-state index contributed by atoms with van der Waals surface area (Å²) in [5, 5.41) is 0.442. The summed E-state index contributed by atoms with van der Waals surface area (Å²) in [7, 11) is 1.68. The zero-order valence-electron chi connectivity index (χ0n) is 16.7. The van der Waals surface area contributed by atoms with E-state index in [0.717, 1.165) is 5.56 Å². The second kappa shape index (κ2) is 9.59. The first-order valence-corrected chi connectivity index (χ1v) is 9.93. The summed E-state index contributed by atoms with van der Waals surface area (Å²) in [4.78, 5) is 33.8. The molecule has 1 aromatic carbocycles. The molecule has 1 amide bonds. The molecule has 3 aromatic rings. The zero-order valence-corrected chi connectivity index (χ0v) is 17.5. The van der Waals surface area contributed by atoms with Crippen LogP contribution in [0.2, 0.25) is 5.02 Å². The first kappa shape index (κ1) is 21.6. The van der Waals surface area contributed by atoms with Crippen molar-refractivity contribution in [3.8, 4) is 11.3 Å². The Bertz CT molecular complexity index is 1070. The van der Waals surface area contributed by atoms with Crippen LogP contribution < -0.4 is 4.90 Å². The van der Waals surface area contributed by atoms with Gasteiger partial charge in [-0.1, -0.05) is 30.7 Å². The number of benzene rings is 1. The Labute approximate surface area is 179 Å². The monoisotopic (exact) mass is 425 g/mol. The van der Waals surface area contributed by atoms with Gasteiger partial charge < -0.3 is 4.90 Å². The summed E-state index contributed by atoms with van der Waals surface area (Å²) in [6.07, 6.45) is 3.72. The molecule has 0 aliphatic carbocycles. The van der Waals surface area contributed by atoms with Gasteiger partial charge in [0.1, 0.15) is 0 Å². The number of carbonyl (C=O) groups is 2. The van der Waals surface area contributed by atoms with Gasteiger partial charge in [0.05, 0.1) is 16.4 Å². The highest BCUT2D eigenvalue weighted by Gasteiger charge is 2.14. The largest absolute Gasteiger partial charge is 0.314 e. The van der Waals surface area contributed by atoms with E-state index in [2.05, 4.69) is 9.97 Å². The van der Waals surface area contributed by atoms with E-state index in [-0.39, 0.29) is 24.5 Å². The molecule has 3 rings (SSSR count). The van der Waals surface area contributed by atoms with Gasteiger partial charge >= 0.3 is 0 Å². The number of carbonyl (C=O) groups excluding carboxylic acids is 2. The molecule has 0 N–H and O–H groups in total. The lowest BCUT2D eigenvalue weighted by molar-refractivity contribution is -0.118. The van der Waals surface area contributed by atoms with E-state index in [1.807, 2.05) is 6.07 Å². The normalized spacial score (nSPS) is 10.7. The lowest BCUT2D eigenvalue weighted by atomic mass is 10.0. The molecule has 0 saturated carbocycles. The van der Waals surface area contributed by atoms with Crippen LogP contribution in [0.4, 0.5) is 10.1 Å². The highest BCUT2D eigenvalue weighted by Crippen LogP contribution is 2.30. The number of aryl methyl sites for hydroxylation is 1. The van der Waals surface area contributed by atoms with Crippen molar-refractivity contribution in [3.63, 3.8) is 0 Å². The number of aromatic nitrogens is 2. The number of amides is 1. The molecule has 0 bridgehead atoms. The third-order valence-electron chi connectivity index (χ3n) is 4.82. The van der Waals surface area contributed by atoms with Crippen LogP contribution in [0.15, 0.2) is 54.9 Å². The summed E-state index contributed by atoms with van der Waals surface area (Å²) in [5.41, 5.74) is 2.93. The van der Waals surface area contributed by atoms with Crippen molar-refractivity contribution >= 4 is 29.0 Å². The van der Waals surface area contributed by atoms with Crippen molar-refractivity contribution < 1.29 is 14.0 Å². The van der Waals surface area contributed by atoms with E-state index in [0.29, 0.717) is 34.0 Å². The highest BCUT2D eigenvalue weighted by molar-refractivity contribution is 6.34. The van der Waals surface area contributed by atoms with Crippen LogP contribution >= 0.6 is 11.6 Å². The van der Waals surface area contributed by atoms with Crippen LogP contribution in [0.25, 0.3) is 11.3 Å². The van der Waals surface area contributed by atoms with Gasteiger partial charge in [-0.25, -0.2) is 4.98 Å². The minimum Gasteiger partial charge on any atom is -0.314 e. The van der Waals surface area contributed by atoms with Crippen molar-refractivity contribution in [1.82, 2.24) is 9.97 Å². The Morgan fingerprint density at radius 3 is 2.57 bits per heavy atom. The van der Waals surface area contributed by atoms with E-state index in [9.17, 15) is 14.0 Å². The van der Waals surface area contributed by atoms with Crippen LogP contribution in [-0.4, -0.2) is 28.7 Å².